The van der Waals surface area contributed by atoms with Gasteiger partial charge >= 0.3 is 0 Å². The molecule has 0 saturated carbocycles. The van der Waals surface area contributed by atoms with Crippen molar-refractivity contribution in [3.05, 3.63) is 95.3 Å². The van der Waals surface area contributed by atoms with Gasteiger partial charge in [-0.3, -0.25) is 9.36 Å². The number of carbonyl (C=O) groups excluding carboxylic acids is 1. The molecule has 180 valence electrons. The molecule has 0 spiro atoms. The number of aromatic nitrogens is 3. The van der Waals surface area contributed by atoms with Crippen molar-refractivity contribution in [1.29, 1.82) is 0 Å². The highest BCUT2D eigenvalue weighted by Gasteiger charge is 2.17. The Kier molecular flexibility index (Phi) is 8.21. The van der Waals surface area contributed by atoms with Crippen molar-refractivity contribution in [2.24, 2.45) is 0 Å². The first kappa shape index (κ1) is 24.5. The Morgan fingerprint density at radius 3 is 2.23 bits per heavy atom. The van der Waals surface area contributed by atoms with Crippen LogP contribution in [0.3, 0.4) is 0 Å². The van der Waals surface area contributed by atoms with Crippen LogP contribution >= 0.6 is 11.8 Å². The van der Waals surface area contributed by atoms with Gasteiger partial charge in [-0.05, 0) is 55.2 Å². The summed E-state index contributed by atoms with van der Waals surface area (Å²) in [6.45, 7) is 6.79. The minimum absolute atomic E-state index is 0.0486. The fourth-order valence-corrected chi connectivity index (χ4v) is 4.68. The second-order valence-corrected chi connectivity index (χ2v) is 9.23. The maximum atomic E-state index is 12.9. The summed E-state index contributed by atoms with van der Waals surface area (Å²) in [7, 11) is 0. The molecule has 1 amide bonds. The summed E-state index contributed by atoms with van der Waals surface area (Å²) >= 11 is 1.39. The molecule has 6 nitrogen and oxygen atoms in total. The molecular weight excluding hydrogens is 454 g/mol. The minimum Gasteiger partial charge on any atom is -0.378 e. The van der Waals surface area contributed by atoms with Crippen LogP contribution in [0.4, 0.5) is 11.4 Å². The molecule has 4 rings (SSSR count). The number of rotatable bonds is 10. The minimum atomic E-state index is -0.0486. The predicted octanol–water partition coefficient (Wildman–Crippen LogP) is 6.04. The predicted molar refractivity (Wildman–Crippen MR) is 144 cm³/mol. The van der Waals surface area contributed by atoms with Gasteiger partial charge in [0.1, 0.15) is 0 Å². The Morgan fingerprint density at radius 1 is 0.886 bits per heavy atom. The second kappa shape index (κ2) is 11.7. The van der Waals surface area contributed by atoms with Crippen LogP contribution in [0.15, 0.2) is 78.0 Å². The molecule has 0 unspecified atom stereocenters. The van der Waals surface area contributed by atoms with E-state index < -0.39 is 0 Å². The molecule has 7 heteroatoms. The molecular formula is C28H31N5OS. The first-order valence-corrected chi connectivity index (χ1v) is 12.9. The molecule has 0 aliphatic carbocycles. The quantitative estimate of drug-likeness (QED) is 0.268. The van der Waals surface area contributed by atoms with Crippen LogP contribution in [-0.2, 0) is 24.2 Å². The average Bonchev–Trinajstić information content (AvgIpc) is 3.30. The third kappa shape index (κ3) is 6.11. The molecule has 0 fully saturated rings. The number of thioether (sulfide) groups is 1. The SMILES string of the molecule is CCc1cccc(CC)c1NC(=O)CSc1nnc(CNc2ccc(C)cc2)n1-c1ccccc1. The highest BCUT2D eigenvalue weighted by molar-refractivity contribution is 7.99. The van der Waals surface area contributed by atoms with E-state index in [0.717, 1.165) is 46.9 Å². The molecule has 0 saturated heterocycles. The molecule has 2 N–H and O–H groups in total. The lowest BCUT2D eigenvalue weighted by Crippen LogP contribution is -2.17. The Balaban J connectivity index is 1.50. The van der Waals surface area contributed by atoms with Crippen LogP contribution in [-0.4, -0.2) is 26.4 Å². The van der Waals surface area contributed by atoms with Gasteiger partial charge in [0.15, 0.2) is 11.0 Å². The van der Waals surface area contributed by atoms with Crippen LogP contribution in [0.25, 0.3) is 5.69 Å². The van der Waals surface area contributed by atoms with E-state index in [9.17, 15) is 4.79 Å². The molecule has 1 heterocycles. The maximum absolute atomic E-state index is 12.9. The normalized spacial score (nSPS) is 10.8. The molecule has 0 radical (unpaired) electrons. The average molecular weight is 486 g/mol. The van der Waals surface area contributed by atoms with Crippen molar-refractivity contribution in [1.82, 2.24) is 14.8 Å². The van der Waals surface area contributed by atoms with E-state index in [0.29, 0.717) is 11.7 Å². The number of benzene rings is 3. The number of nitrogens with one attached hydrogen (secondary N) is 2. The fraction of sp³-hybridized carbons (Fsp3) is 0.250. The van der Waals surface area contributed by atoms with Gasteiger partial charge in [0.05, 0.1) is 12.3 Å². The van der Waals surface area contributed by atoms with E-state index in [1.807, 2.05) is 34.9 Å². The Labute approximate surface area is 211 Å². The fourth-order valence-electron chi connectivity index (χ4n) is 3.91. The first-order valence-electron chi connectivity index (χ1n) is 11.9. The smallest absolute Gasteiger partial charge is 0.234 e. The highest BCUT2D eigenvalue weighted by Crippen LogP contribution is 2.25. The number of anilines is 2. The monoisotopic (exact) mass is 485 g/mol. The van der Waals surface area contributed by atoms with Crippen LogP contribution in [0.1, 0.15) is 36.4 Å². The summed E-state index contributed by atoms with van der Waals surface area (Å²) in [6, 6.07) is 24.4. The van der Waals surface area contributed by atoms with Crippen molar-refractivity contribution >= 4 is 29.0 Å². The second-order valence-electron chi connectivity index (χ2n) is 8.28. The molecule has 35 heavy (non-hydrogen) atoms. The summed E-state index contributed by atoms with van der Waals surface area (Å²) in [5, 5.41) is 16.1. The number of hydrogen-bond donors (Lipinski definition) is 2. The molecule has 1 aromatic heterocycles. The summed E-state index contributed by atoms with van der Waals surface area (Å²) in [5.41, 5.74) is 6.45. The maximum Gasteiger partial charge on any atom is 0.234 e. The lowest BCUT2D eigenvalue weighted by Gasteiger charge is -2.14. The van der Waals surface area contributed by atoms with Gasteiger partial charge in [-0.25, -0.2) is 0 Å². The zero-order valence-corrected chi connectivity index (χ0v) is 21.2. The molecule has 3 aromatic carbocycles. The summed E-state index contributed by atoms with van der Waals surface area (Å²) in [4.78, 5) is 12.9. The zero-order chi connectivity index (χ0) is 24.6. The summed E-state index contributed by atoms with van der Waals surface area (Å²) < 4.78 is 2.01. The first-order chi connectivity index (χ1) is 17.1. The highest BCUT2D eigenvalue weighted by atomic mass is 32.2. The Bertz CT molecular complexity index is 1250. The van der Waals surface area contributed by atoms with E-state index in [2.05, 4.69) is 84.1 Å². The van der Waals surface area contributed by atoms with Crippen LogP contribution in [0, 0.1) is 6.92 Å². The lowest BCUT2D eigenvalue weighted by molar-refractivity contribution is -0.113. The largest absolute Gasteiger partial charge is 0.378 e. The molecule has 4 aromatic rings. The number of amides is 1. The number of hydrogen-bond acceptors (Lipinski definition) is 5. The molecule has 0 bridgehead atoms. The molecule has 0 atom stereocenters. The Hall–Kier alpha value is -3.58. The van der Waals surface area contributed by atoms with Gasteiger partial charge in [0.25, 0.3) is 0 Å². The van der Waals surface area contributed by atoms with E-state index in [1.165, 1.54) is 17.3 Å². The van der Waals surface area contributed by atoms with Crippen LogP contribution in [0.5, 0.6) is 0 Å². The van der Waals surface area contributed by atoms with Crippen molar-refractivity contribution in [3.8, 4) is 5.69 Å². The van der Waals surface area contributed by atoms with Gasteiger partial charge in [-0.2, -0.15) is 0 Å². The number of aryl methyl sites for hydroxylation is 3. The van der Waals surface area contributed by atoms with Crippen molar-refractivity contribution in [2.45, 2.75) is 45.3 Å². The van der Waals surface area contributed by atoms with Gasteiger partial charge in [0.2, 0.25) is 5.91 Å². The number of para-hydroxylation sites is 2. The van der Waals surface area contributed by atoms with Crippen LogP contribution in [0.2, 0.25) is 0 Å². The van der Waals surface area contributed by atoms with Crippen molar-refractivity contribution in [3.63, 3.8) is 0 Å². The third-order valence-corrected chi connectivity index (χ3v) is 6.74. The lowest BCUT2D eigenvalue weighted by atomic mass is 10.0. The van der Waals surface area contributed by atoms with Gasteiger partial charge < -0.3 is 10.6 Å². The Morgan fingerprint density at radius 2 is 1.57 bits per heavy atom. The van der Waals surface area contributed by atoms with Crippen molar-refractivity contribution in [2.75, 3.05) is 16.4 Å². The van der Waals surface area contributed by atoms with Crippen molar-refractivity contribution < 1.29 is 4.79 Å². The topological polar surface area (TPSA) is 71.8 Å². The molecule has 0 aliphatic rings. The van der Waals surface area contributed by atoms with Gasteiger partial charge in [-0.1, -0.05) is 79.7 Å². The summed E-state index contributed by atoms with van der Waals surface area (Å²) in [6.07, 6.45) is 1.74. The summed E-state index contributed by atoms with van der Waals surface area (Å²) in [5.74, 6) is 0.981. The zero-order valence-electron chi connectivity index (χ0n) is 20.4. The van der Waals surface area contributed by atoms with Gasteiger partial charge in [-0.15, -0.1) is 10.2 Å². The molecule has 0 aliphatic heterocycles. The van der Waals surface area contributed by atoms with E-state index >= 15 is 0 Å². The van der Waals surface area contributed by atoms with E-state index in [1.54, 1.807) is 0 Å². The van der Waals surface area contributed by atoms with E-state index in [-0.39, 0.29) is 11.7 Å². The standard InChI is InChI=1S/C28H31N5OS/c1-4-21-10-9-11-22(5-2)27(21)30-26(34)19-35-28-32-31-25(33(28)24-12-7-6-8-13-24)18-29-23-16-14-20(3)15-17-23/h6-17,29H,4-5,18-19H2,1-3H3,(H,30,34). The van der Waals surface area contributed by atoms with E-state index in [4.69, 9.17) is 0 Å². The number of nitrogens with zero attached hydrogens (tertiary/aromatic N) is 3. The number of carbonyl (C=O) groups is 1. The third-order valence-electron chi connectivity index (χ3n) is 5.81. The van der Waals surface area contributed by atoms with Crippen LogP contribution < -0.4 is 10.6 Å². The van der Waals surface area contributed by atoms with Gasteiger partial charge in [0, 0.05) is 17.1 Å².